The lowest BCUT2D eigenvalue weighted by Crippen LogP contribution is -2.15. The van der Waals surface area contributed by atoms with Gasteiger partial charge in [-0.1, -0.05) is 0 Å². The Morgan fingerprint density at radius 3 is 3.07 bits per heavy atom. The number of methoxy groups -OCH3 is 1. The van der Waals surface area contributed by atoms with Crippen LogP contribution in [0.2, 0.25) is 0 Å². The molecule has 3 heteroatoms. The zero-order valence-corrected chi connectivity index (χ0v) is 8.10. The molecule has 3 nitrogen and oxygen atoms in total. The third-order valence-electron chi connectivity index (χ3n) is 3.52. The molecule has 0 unspecified atom stereocenters. The van der Waals surface area contributed by atoms with Crippen LogP contribution in [0, 0.1) is 0 Å². The second-order valence-electron chi connectivity index (χ2n) is 4.20. The Morgan fingerprint density at radius 1 is 1.43 bits per heavy atom. The zero-order valence-electron chi connectivity index (χ0n) is 8.10. The number of hydrogen-bond acceptors (Lipinski definition) is 3. The van der Waals surface area contributed by atoms with Crippen LogP contribution in [0.5, 0.6) is 5.88 Å². The Bertz CT molecular complexity index is 378. The van der Waals surface area contributed by atoms with Gasteiger partial charge in [0.25, 0.3) is 0 Å². The molecule has 0 aromatic carbocycles. The summed E-state index contributed by atoms with van der Waals surface area (Å²) < 4.78 is 5.10. The molecule has 2 aliphatic rings. The molecule has 1 saturated carbocycles. The van der Waals surface area contributed by atoms with Gasteiger partial charge >= 0.3 is 0 Å². The van der Waals surface area contributed by atoms with Crippen LogP contribution in [0.25, 0.3) is 0 Å². The fourth-order valence-electron chi connectivity index (χ4n) is 2.84. The summed E-state index contributed by atoms with van der Waals surface area (Å²) in [6.07, 6.45) is 3.71. The van der Waals surface area contributed by atoms with Crippen molar-refractivity contribution in [1.82, 2.24) is 4.98 Å². The van der Waals surface area contributed by atoms with Gasteiger partial charge in [-0.05, 0) is 29.9 Å². The van der Waals surface area contributed by atoms with E-state index in [1.54, 1.807) is 7.11 Å². The Balaban J connectivity index is 2.08. The average molecular weight is 191 g/mol. The molecule has 74 valence electrons. The zero-order chi connectivity index (χ0) is 9.71. The van der Waals surface area contributed by atoms with Crippen molar-refractivity contribution in [2.24, 2.45) is 0 Å². The maximum absolute atomic E-state index is 9.73. The first-order valence-electron chi connectivity index (χ1n) is 5.01. The number of rotatable bonds is 1. The lowest BCUT2D eigenvalue weighted by Gasteiger charge is -2.19. The van der Waals surface area contributed by atoms with Crippen LogP contribution in [0.15, 0.2) is 12.3 Å². The number of nitrogens with zero attached hydrogens (tertiary/aromatic N) is 1. The van der Waals surface area contributed by atoms with E-state index >= 15 is 0 Å². The van der Waals surface area contributed by atoms with Gasteiger partial charge in [0, 0.05) is 18.2 Å². The van der Waals surface area contributed by atoms with E-state index in [2.05, 4.69) is 4.98 Å². The van der Waals surface area contributed by atoms with Crippen molar-refractivity contribution in [2.45, 2.75) is 30.8 Å². The smallest absolute Gasteiger partial charge is 0.213 e. The number of fused-ring (bicyclic) bond motifs is 5. The molecular formula is C11H13NO2. The first-order chi connectivity index (χ1) is 6.79. The summed E-state index contributed by atoms with van der Waals surface area (Å²) in [5, 5.41) is 9.73. The van der Waals surface area contributed by atoms with Crippen molar-refractivity contribution in [3.63, 3.8) is 0 Å². The van der Waals surface area contributed by atoms with Crippen LogP contribution in [0.1, 0.15) is 35.8 Å². The molecular weight excluding hydrogens is 178 g/mol. The SMILES string of the molecule is COc1cc2c(cn1)[C@@H]1C[C@H]2C[C@H]1O. The average Bonchev–Trinajstić information content (AvgIpc) is 2.74. The molecule has 1 heterocycles. The third-order valence-corrected chi connectivity index (χ3v) is 3.52. The molecule has 1 fully saturated rings. The van der Waals surface area contributed by atoms with E-state index in [-0.39, 0.29) is 6.10 Å². The van der Waals surface area contributed by atoms with Crippen LogP contribution in [-0.4, -0.2) is 23.3 Å². The molecule has 0 saturated heterocycles. The van der Waals surface area contributed by atoms with Crippen molar-refractivity contribution in [3.05, 3.63) is 23.4 Å². The minimum atomic E-state index is -0.150. The Kier molecular flexibility index (Phi) is 1.59. The maximum atomic E-state index is 9.73. The molecule has 2 aliphatic carbocycles. The number of pyridine rings is 1. The highest BCUT2D eigenvalue weighted by Crippen LogP contribution is 2.53. The number of ether oxygens (including phenoxy) is 1. The van der Waals surface area contributed by atoms with Gasteiger partial charge in [0.1, 0.15) is 0 Å². The van der Waals surface area contributed by atoms with Crippen LogP contribution < -0.4 is 4.74 Å². The van der Waals surface area contributed by atoms with Crippen molar-refractivity contribution in [3.8, 4) is 5.88 Å². The molecule has 3 rings (SSSR count). The summed E-state index contributed by atoms with van der Waals surface area (Å²) in [7, 11) is 1.64. The van der Waals surface area contributed by atoms with Crippen molar-refractivity contribution in [2.75, 3.05) is 7.11 Å². The monoisotopic (exact) mass is 191 g/mol. The normalized spacial score (nSPS) is 33.1. The largest absolute Gasteiger partial charge is 0.481 e. The van der Waals surface area contributed by atoms with E-state index in [9.17, 15) is 5.11 Å². The fraction of sp³-hybridized carbons (Fsp3) is 0.545. The van der Waals surface area contributed by atoms with Gasteiger partial charge in [-0.25, -0.2) is 4.98 Å². The van der Waals surface area contributed by atoms with Gasteiger partial charge in [0.15, 0.2) is 0 Å². The summed E-state index contributed by atoms with van der Waals surface area (Å²) in [4.78, 5) is 4.19. The van der Waals surface area contributed by atoms with Gasteiger partial charge in [-0.15, -0.1) is 0 Å². The lowest BCUT2D eigenvalue weighted by molar-refractivity contribution is 0.158. The van der Waals surface area contributed by atoms with E-state index < -0.39 is 0 Å². The Hall–Kier alpha value is -1.09. The summed E-state index contributed by atoms with van der Waals surface area (Å²) >= 11 is 0. The quantitative estimate of drug-likeness (QED) is 0.730. The molecule has 1 N–H and O–H groups in total. The summed E-state index contributed by atoms with van der Waals surface area (Å²) in [5.74, 6) is 1.54. The molecule has 0 aliphatic heterocycles. The van der Waals surface area contributed by atoms with E-state index in [0.717, 1.165) is 12.8 Å². The van der Waals surface area contributed by atoms with E-state index in [4.69, 9.17) is 4.74 Å². The van der Waals surface area contributed by atoms with Crippen LogP contribution >= 0.6 is 0 Å². The minimum absolute atomic E-state index is 0.150. The van der Waals surface area contributed by atoms with E-state index in [0.29, 0.717) is 17.7 Å². The van der Waals surface area contributed by atoms with Gasteiger partial charge in [-0.2, -0.15) is 0 Å². The summed E-state index contributed by atoms with van der Waals surface area (Å²) in [5.41, 5.74) is 2.57. The number of aromatic nitrogens is 1. The third kappa shape index (κ3) is 0.932. The fourth-order valence-corrected chi connectivity index (χ4v) is 2.84. The molecule has 0 amide bonds. The molecule has 2 bridgehead atoms. The standard InChI is InChI=1S/C11H13NO2/c1-14-11-4-7-6-2-8(10(13)3-6)9(7)5-12-11/h4-6,8,10,13H,2-3H2,1H3/t6-,8-,10+/m0/s1. The highest BCUT2D eigenvalue weighted by molar-refractivity contribution is 5.43. The van der Waals surface area contributed by atoms with Crippen LogP contribution in [0.3, 0.4) is 0 Å². The Morgan fingerprint density at radius 2 is 2.29 bits per heavy atom. The predicted octanol–water partition coefficient (Wildman–Crippen LogP) is 1.43. The molecule has 1 aromatic heterocycles. The number of aliphatic hydroxyl groups excluding tert-OH is 1. The van der Waals surface area contributed by atoms with Crippen molar-refractivity contribution < 1.29 is 9.84 Å². The predicted molar refractivity (Wildman–Crippen MR) is 51.5 cm³/mol. The summed E-state index contributed by atoms with van der Waals surface area (Å²) in [6, 6.07) is 2.02. The first-order valence-corrected chi connectivity index (χ1v) is 5.01. The second kappa shape index (κ2) is 2.70. The highest BCUT2D eigenvalue weighted by atomic mass is 16.5. The number of hydrogen-bond donors (Lipinski definition) is 1. The van der Waals surface area contributed by atoms with Crippen LogP contribution in [-0.2, 0) is 0 Å². The second-order valence-corrected chi connectivity index (χ2v) is 4.20. The van der Waals surface area contributed by atoms with E-state index in [1.165, 1.54) is 11.1 Å². The Labute approximate surface area is 82.7 Å². The molecule has 3 atom stereocenters. The molecule has 0 spiro atoms. The number of aliphatic hydroxyl groups is 1. The van der Waals surface area contributed by atoms with E-state index in [1.807, 2.05) is 12.3 Å². The van der Waals surface area contributed by atoms with Crippen LogP contribution in [0.4, 0.5) is 0 Å². The molecule has 0 radical (unpaired) electrons. The summed E-state index contributed by atoms with van der Waals surface area (Å²) in [6.45, 7) is 0. The van der Waals surface area contributed by atoms with Gasteiger partial charge in [-0.3, -0.25) is 0 Å². The van der Waals surface area contributed by atoms with Gasteiger partial charge < -0.3 is 9.84 Å². The van der Waals surface area contributed by atoms with Crippen molar-refractivity contribution >= 4 is 0 Å². The van der Waals surface area contributed by atoms with Crippen molar-refractivity contribution in [1.29, 1.82) is 0 Å². The lowest BCUT2D eigenvalue weighted by atomic mass is 9.91. The maximum Gasteiger partial charge on any atom is 0.213 e. The molecule has 14 heavy (non-hydrogen) atoms. The minimum Gasteiger partial charge on any atom is -0.481 e. The van der Waals surface area contributed by atoms with Gasteiger partial charge in [0.05, 0.1) is 13.2 Å². The molecule has 1 aromatic rings. The highest BCUT2D eigenvalue weighted by Gasteiger charge is 2.43. The first kappa shape index (κ1) is 8.24. The van der Waals surface area contributed by atoms with Gasteiger partial charge in [0.2, 0.25) is 5.88 Å². The topological polar surface area (TPSA) is 42.4 Å².